The predicted octanol–water partition coefficient (Wildman–Crippen LogP) is 5.89. The molecule has 1 aromatic carbocycles. The lowest BCUT2D eigenvalue weighted by atomic mass is 9.84. The number of carbonyl (C=O) groups excluding carboxylic acids is 2. The molecule has 2 aromatic rings. The Morgan fingerprint density at radius 3 is 2.33 bits per heavy atom. The van der Waals surface area contributed by atoms with E-state index >= 15 is 0 Å². The van der Waals surface area contributed by atoms with E-state index in [2.05, 4.69) is 27.1 Å². The highest BCUT2D eigenvalue weighted by Gasteiger charge is 2.42. The number of piperidine rings is 1. The average Bonchev–Trinajstić information content (AvgIpc) is 3.31. The van der Waals surface area contributed by atoms with E-state index in [1.54, 1.807) is 57.4 Å². The van der Waals surface area contributed by atoms with Crippen LogP contribution in [-0.2, 0) is 9.53 Å². The van der Waals surface area contributed by atoms with Crippen molar-refractivity contribution in [1.82, 2.24) is 20.2 Å². The Hall–Kier alpha value is -3.21. The van der Waals surface area contributed by atoms with Crippen molar-refractivity contribution in [2.75, 3.05) is 37.7 Å². The van der Waals surface area contributed by atoms with Gasteiger partial charge in [0, 0.05) is 26.1 Å². The van der Waals surface area contributed by atoms with Gasteiger partial charge in [0.1, 0.15) is 17.4 Å². The van der Waals surface area contributed by atoms with Crippen LogP contribution in [0.25, 0.3) is 0 Å². The number of alkyl halides is 2. The predicted molar refractivity (Wildman–Crippen MR) is 156 cm³/mol. The van der Waals surface area contributed by atoms with Crippen molar-refractivity contribution in [1.29, 1.82) is 0 Å². The van der Waals surface area contributed by atoms with Crippen LogP contribution in [0, 0.1) is 11.8 Å². The molecule has 9 nitrogen and oxygen atoms in total. The highest BCUT2D eigenvalue weighted by molar-refractivity contribution is 6.30. The molecule has 2 atom stereocenters. The summed E-state index contributed by atoms with van der Waals surface area (Å²) in [6, 6.07) is 5.62. The lowest BCUT2D eigenvalue weighted by molar-refractivity contribution is -0.134. The topological polar surface area (TPSA) is 96.9 Å². The molecule has 0 radical (unpaired) electrons. The van der Waals surface area contributed by atoms with Gasteiger partial charge in [0.2, 0.25) is 11.9 Å². The van der Waals surface area contributed by atoms with Crippen LogP contribution in [0.5, 0.6) is 5.75 Å². The first-order valence-corrected chi connectivity index (χ1v) is 14.8. The van der Waals surface area contributed by atoms with E-state index in [4.69, 9.17) is 21.1 Å². The number of rotatable bonds is 9. The van der Waals surface area contributed by atoms with Gasteiger partial charge in [-0.3, -0.25) is 4.79 Å². The summed E-state index contributed by atoms with van der Waals surface area (Å²) in [5, 5.41) is 3.09. The first kappa shape index (κ1) is 31.7. The molecule has 0 bridgehead atoms. The summed E-state index contributed by atoms with van der Waals surface area (Å²) in [5.41, 5.74) is -0.326. The third-order valence-electron chi connectivity index (χ3n) is 7.68. The minimum atomic E-state index is -2.94. The number of ether oxygens (including phenoxy) is 2. The van der Waals surface area contributed by atoms with Crippen LogP contribution in [-0.4, -0.2) is 71.2 Å². The summed E-state index contributed by atoms with van der Waals surface area (Å²) in [4.78, 5) is 37.6. The number of halogens is 3. The fraction of sp³-hybridized carbons (Fsp3) is 0.600. The van der Waals surface area contributed by atoms with Gasteiger partial charge in [-0.1, -0.05) is 30.7 Å². The first-order valence-electron chi connectivity index (χ1n) is 14.4. The van der Waals surface area contributed by atoms with E-state index in [9.17, 15) is 18.4 Å². The highest BCUT2D eigenvalue weighted by Crippen LogP contribution is 2.31. The molecule has 0 aliphatic carbocycles. The lowest BCUT2D eigenvalue weighted by Gasteiger charge is -2.34. The number of benzene rings is 1. The third kappa shape index (κ3) is 8.89. The molecule has 2 fully saturated rings. The standard InChI is InChI=1S/C30H40ClF2N5O4/c1-20(21-9-13-37(14-10-21)27-34-17-23(31)18-35-27)11-16-41-24-7-5-22(6-8-24)25(36-28(40)42-29(2,3)4)26(39)38-15-12-30(32,33)19-38/h5-8,17-18,20-21,25H,9-16,19H2,1-4H3,(H,36,40). The van der Waals surface area contributed by atoms with Crippen LogP contribution in [0.3, 0.4) is 0 Å². The summed E-state index contributed by atoms with van der Waals surface area (Å²) in [6.45, 7) is 8.92. The fourth-order valence-electron chi connectivity index (χ4n) is 5.31. The van der Waals surface area contributed by atoms with Gasteiger partial charge in [-0.15, -0.1) is 0 Å². The van der Waals surface area contributed by atoms with E-state index in [1.807, 2.05) is 0 Å². The maximum atomic E-state index is 13.8. The number of amides is 2. The quantitative estimate of drug-likeness (QED) is 0.380. The molecule has 2 amide bonds. The van der Waals surface area contributed by atoms with Crippen LogP contribution in [0.15, 0.2) is 36.7 Å². The minimum absolute atomic E-state index is 0.0777. The smallest absolute Gasteiger partial charge is 0.408 e. The van der Waals surface area contributed by atoms with E-state index in [-0.39, 0.29) is 6.54 Å². The van der Waals surface area contributed by atoms with Crippen molar-refractivity contribution in [3.8, 4) is 5.75 Å². The molecule has 230 valence electrons. The number of anilines is 1. The van der Waals surface area contributed by atoms with Crippen molar-refractivity contribution >= 4 is 29.5 Å². The summed E-state index contributed by atoms with van der Waals surface area (Å²) >= 11 is 5.90. The number of alkyl carbamates (subject to hydrolysis) is 1. The molecule has 2 aliphatic rings. The molecule has 2 aliphatic heterocycles. The second-order valence-electron chi connectivity index (χ2n) is 12.2. The van der Waals surface area contributed by atoms with Crippen molar-refractivity contribution in [3.63, 3.8) is 0 Å². The third-order valence-corrected chi connectivity index (χ3v) is 7.87. The summed E-state index contributed by atoms with van der Waals surface area (Å²) in [6.07, 6.45) is 5.01. The van der Waals surface area contributed by atoms with E-state index in [1.165, 1.54) is 0 Å². The molecule has 2 unspecified atom stereocenters. The number of carbonyl (C=O) groups is 2. The van der Waals surface area contributed by atoms with Gasteiger partial charge in [-0.25, -0.2) is 23.5 Å². The molecule has 42 heavy (non-hydrogen) atoms. The Balaban J connectivity index is 1.29. The Bertz CT molecular complexity index is 1200. The van der Waals surface area contributed by atoms with Crippen LogP contribution >= 0.6 is 11.6 Å². The van der Waals surface area contributed by atoms with Crippen molar-refractivity contribution in [3.05, 3.63) is 47.2 Å². The number of hydrogen-bond acceptors (Lipinski definition) is 7. The Labute approximate surface area is 250 Å². The van der Waals surface area contributed by atoms with Crippen molar-refractivity contribution in [2.45, 2.75) is 70.9 Å². The van der Waals surface area contributed by atoms with Crippen molar-refractivity contribution in [2.24, 2.45) is 11.8 Å². The number of likely N-dealkylation sites (tertiary alicyclic amines) is 1. The zero-order valence-electron chi connectivity index (χ0n) is 24.6. The summed E-state index contributed by atoms with van der Waals surface area (Å²) in [7, 11) is 0. The van der Waals surface area contributed by atoms with Crippen LogP contribution in [0.1, 0.15) is 65.0 Å². The molecule has 0 spiro atoms. The van der Waals surface area contributed by atoms with Gasteiger partial charge in [0.25, 0.3) is 5.92 Å². The van der Waals surface area contributed by atoms with Crippen LogP contribution in [0.4, 0.5) is 19.5 Å². The molecular formula is C30H40ClF2N5O4. The summed E-state index contributed by atoms with van der Waals surface area (Å²) in [5.74, 6) is -1.17. The maximum absolute atomic E-state index is 13.8. The minimum Gasteiger partial charge on any atom is -0.494 e. The van der Waals surface area contributed by atoms with Gasteiger partial charge in [0.15, 0.2) is 0 Å². The molecule has 3 heterocycles. The number of hydrogen-bond donors (Lipinski definition) is 1. The number of aromatic nitrogens is 2. The highest BCUT2D eigenvalue weighted by atomic mass is 35.5. The van der Waals surface area contributed by atoms with Crippen LogP contribution < -0.4 is 15.0 Å². The number of nitrogens with zero attached hydrogens (tertiary/aromatic N) is 4. The molecule has 2 saturated heterocycles. The second kappa shape index (κ2) is 13.4. The monoisotopic (exact) mass is 607 g/mol. The molecule has 1 aromatic heterocycles. The second-order valence-corrected chi connectivity index (χ2v) is 12.6. The number of nitrogens with one attached hydrogen (secondary N) is 1. The Kier molecular flexibility index (Phi) is 10.1. The Morgan fingerprint density at radius 2 is 1.76 bits per heavy atom. The molecule has 4 rings (SSSR count). The van der Waals surface area contributed by atoms with Crippen molar-refractivity contribution < 1.29 is 27.8 Å². The van der Waals surface area contributed by atoms with E-state index < -0.39 is 42.5 Å². The molecule has 1 N–H and O–H groups in total. The first-order chi connectivity index (χ1) is 19.8. The zero-order valence-corrected chi connectivity index (χ0v) is 25.4. The van der Waals surface area contributed by atoms with Gasteiger partial charge in [-0.05, 0) is 69.6 Å². The lowest BCUT2D eigenvalue weighted by Crippen LogP contribution is -2.44. The Morgan fingerprint density at radius 1 is 1.12 bits per heavy atom. The van der Waals surface area contributed by atoms with Gasteiger partial charge < -0.3 is 24.6 Å². The SMILES string of the molecule is CC(CCOc1ccc(C(NC(=O)OC(C)(C)C)C(=O)N2CCC(F)(F)C2)cc1)C1CCN(c2ncc(Cl)cn2)CC1. The van der Waals surface area contributed by atoms with E-state index in [0.29, 0.717) is 40.7 Å². The van der Waals surface area contributed by atoms with Crippen LogP contribution in [0.2, 0.25) is 5.02 Å². The van der Waals surface area contributed by atoms with Gasteiger partial charge in [0.05, 0.1) is 30.6 Å². The van der Waals surface area contributed by atoms with Gasteiger partial charge in [-0.2, -0.15) is 0 Å². The average molecular weight is 608 g/mol. The largest absolute Gasteiger partial charge is 0.494 e. The molecule has 0 saturated carbocycles. The normalized spacial score (nSPS) is 18.8. The molecule has 12 heteroatoms. The summed E-state index contributed by atoms with van der Waals surface area (Å²) < 4.78 is 38.9. The van der Waals surface area contributed by atoms with E-state index in [0.717, 1.165) is 37.3 Å². The van der Waals surface area contributed by atoms with Gasteiger partial charge >= 0.3 is 6.09 Å². The maximum Gasteiger partial charge on any atom is 0.408 e. The molecular weight excluding hydrogens is 568 g/mol. The zero-order chi connectivity index (χ0) is 30.5. The fourth-order valence-corrected chi connectivity index (χ4v) is 5.41.